The Kier molecular flexibility index (Phi) is 4.19. The van der Waals surface area contributed by atoms with Gasteiger partial charge in [-0.2, -0.15) is 11.8 Å². The van der Waals surface area contributed by atoms with Crippen molar-refractivity contribution in [2.45, 2.75) is 6.54 Å². The van der Waals surface area contributed by atoms with E-state index < -0.39 is 11.6 Å². The van der Waals surface area contributed by atoms with Crippen molar-refractivity contribution in [2.24, 2.45) is 0 Å². The van der Waals surface area contributed by atoms with Gasteiger partial charge in [0.05, 0.1) is 5.52 Å². The fourth-order valence-corrected chi connectivity index (χ4v) is 2.66. The average Bonchev–Trinajstić information content (AvgIpc) is 2.62. The van der Waals surface area contributed by atoms with Crippen LogP contribution < -0.4 is 0 Å². The second-order valence-corrected chi connectivity index (χ2v) is 5.26. The average molecular weight is 286 g/mol. The minimum Gasteiger partial charge on any atom is -0.328 e. The Hall–Kier alpha value is -1.14. The van der Waals surface area contributed by atoms with E-state index in [1.807, 2.05) is 6.08 Å². The van der Waals surface area contributed by atoms with Crippen molar-refractivity contribution in [3.05, 3.63) is 41.2 Å². The molecule has 0 aliphatic rings. The number of aromatic amines is 1. The van der Waals surface area contributed by atoms with Crippen LogP contribution in [0.25, 0.3) is 11.0 Å². The molecule has 18 heavy (non-hydrogen) atoms. The first-order valence-electron chi connectivity index (χ1n) is 5.39. The number of imidazole rings is 1. The highest BCUT2D eigenvalue weighted by atomic mass is 32.2. The zero-order valence-electron chi connectivity index (χ0n) is 9.58. The van der Waals surface area contributed by atoms with Gasteiger partial charge in [0.15, 0.2) is 10.6 Å². The number of aromatic nitrogens is 2. The third kappa shape index (κ3) is 2.64. The summed E-state index contributed by atoms with van der Waals surface area (Å²) in [6, 6.07) is 2.15. The molecule has 2 rings (SSSR count). The third-order valence-electron chi connectivity index (χ3n) is 2.50. The number of benzene rings is 1. The first-order valence-corrected chi connectivity index (χ1v) is 6.96. The van der Waals surface area contributed by atoms with Crippen LogP contribution in [-0.4, -0.2) is 21.1 Å². The molecule has 0 amide bonds. The van der Waals surface area contributed by atoms with E-state index in [-0.39, 0.29) is 5.52 Å². The largest absolute Gasteiger partial charge is 0.328 e. The first-order chi connectivity index (χ1) is 8.63. The van der Waals surface area contributed by atoms with Crippen LogP contribution in [-0.2, 0) is 6.54 Å². The molecule has 0 radical (unpaired) electrons. The maximum atomic E-state index is 13.5. The van der Waals surface area contributed by atoms with Gasteiger partial charge in [-0.3, -0.25) is 0 Å². The highest BCUT2D eigenvalue weighted by Crippen LogP contribution is 2.20. The van der Waals surface area contributed by atoms with Crippen LogP contribution >= 0.6 is 24.0 Å². The molecule has 0 aliphatic heterocycles. The van der Waals surface area contributed by atoms with Crippen molar-refractivity contribution >= 4 is 35.0 Å². The van der Waals surface area contributed by atoms with Crippen molar-refractivity contribution in [1.29, 1.82) is 0 Å². The molecule has 0 aliphatic carbocycles. The summed E-state index contributed by atoms with van der Waals surface area (Å²) < 4.78 is 28.9. The Morgan fingerprint density at radius 2 is 2.22 bits per heavy atom. The summed E-state index contributed by atoms with van der Waals surface area (Å²) in [5.41, 5.74) is 0.729. The summed E-state index contributed by atoms with van der Waals surface area (Å²) in [5, 5.41) is 0. The quantitative estimate of drug-likeness (QED) is 0.511. The molecule has 0 fully saturated rings. The van der Waals surface area contributed by atoms with Crippen LogP contribution in [0.15, 0.2) is 24.8 Å². The molecule has 1 N–H and O–H groups in total. The van der Waals surface area contributed by atoms with Crippen molar-refractivity contribution in [3.63, 3.8) is 0 Å². The molecule has 0 atom stereocenters. The predicted octanol–water partition coefficient (Wildman–Crippen LogP) is 3.90. The monoisotopic (exact) mass is 286 g/mol. The molecule has 2 aromatic rings. The van der Waals surface area contributed by atoms with Crippen LogP contribution in [0.1, 0.15) is 0 Å². The molecule has 0 bridgehead atoms. The van der Waals surface area contributed by atoms with Gasteiger partial charge in [-0.05, 0) is 18.3 Å². The Labute approximate surface area is 113 Å². The number of hydrogen-bond donors (Lipinski definition) is 1. The van der Waals surface area contributed by atoms with E-state index in [1.165, 1.54) is 6.07 Å². The van der Waals surface area contributed by atoms with Crippen LogP contribution in [0.4, 0.5) is 8.78 Å². The normalized spacial score (nSPS) is 11.0. The van der Waals surface area contributed by atoms with E-state index in [0.29, 0.717) is 16.8 Å². The zero-order chi connectivity index (χ0) is 13.1. The summed E-state index contributed by atoms with van der Waals surface area (Å²) >= 11 is 6.81. The first kappa shape index (κ1) is 13.3. The fraction of sp³-hybridized carbons (Fsp3) is 0.250. The second kappa shape index (κ2) is 5.67. The number of thioether (sulfide) groups is 1. The summed E-state index contributed by atoms with van der Waals surface area (Å²) in [5.74, 6) is 0.444. The van der Waals surface area contributed by atoms with Gasteiger partial charge in [0.1, 0.15) is 11.3 Å². The van der Waals surface area contributed by atoms with Crippen LogP contribution in [0.2, 0.25) is 0 Å². The number of hydrogen-bond acceptors (Lipinski definition) is 2. The van der Waals surface area contributed by atoms with E-state index in [9.17, 15) is 8.78 Å². The number of halogens is 2. The molecule has 96 valence electrons. The smallest absolute Gasteiger partial charge is 0.178 e. The SMILES string of the molecule is C=CCSCCn1c(=S)[nH]c2c(F)cc(F)cc21. The van der Waals surface area contributed by atoms with Crippen molar-refractivity contribution < 1.29 is 8.78 Å². The van der Waals surface area contributed by atoms with Crippen molar-refractivity contribution in [2.75, 3.05) is 11.5 Å². The number of fused-ring (bicyclic) bond motifs is 1. The number of H-pyrrole nitrogens is 1. The van der Waals surface area contributed by atoms with Gasteiger partial charge in [-0.15, -0.1) is 6.58 Å². The minimum absolute atomic E-state index is 0.259. The molecule has 1 heterocycles. The summed E-state index contributed by atoms with van der Waals surface area (Å²) in [6.45, 7) is 4.24. The van der Waals surface area contributed by atoms with Gasteiger partial charge >= 0.3 is 0 Å². The molecular formula is C12H12F2N2S2. The van der Waals surface area contributed by atoms with Gasteiger partial charge in [0, 0.05) is 24.1 Å². The lowest BCUT2D eigenvalue weighted by Crippen LogP contribution is -2.01. The topological polar surface area (TPSA) is 20.7 Å². The number of nitrogens with one attached hydrogen (secondary N) is 1. The Morgan fingerprint density at radius 1 is 1.44 bits per heavy atom. The molecule has 0 unspecified atom stereocenters. The van der Waals surface area contributed by atoms with Gasteiger partial charge in [-0.1, -0.05) is 6.08 Å². The predicted molar refractivity (Wildman–Crippen MR) is 74.6 cm³/mol. The lowest BCUT2D eigenvalue weighted by molar-refractivity contribution is 0.590. The van der Waals surface area contributed by atoms with Gasteiger partial charge in [0.25, 0.3) is 0 Å². The summed E-state index contributed by atoms with van der Waals surface area (Å²) in [4.78, 5) is 2.77. The van der Waals surface area contributed by atoms with Crippen LogP contribution in [0.3, 0.4) is 0 Å². The molecule has 1 aromatic heterocycles. The lowest BCUT2D eigenvalue weighted by atomic mass is 10.3. The van der Waals surface area contributed by atoms with Gasteiger partial charge in [0.2, 0.25) is 0 Å². The molecule has 0 saturated heterocycles. The number of nitrogens with zero attached hydrogens (tertiary/aromatic N) is 1. The highest BCUT2D eigenvalue weighted by molar-refractivity contribution is 7.99. The molecule has 6 heteroatoms. The lowest BCUT2D eigenvalue weighted by Gasteiger charge is -2.03. The van der Waals surface area contributed by atoms with Crippen molar-refractivity contribution in [1.82, 2.24) is 9.55 Å². The highest BCUT2D eigenvalue weighted by Gasteiger charge is 2.10. The minimum atomic E-state index is -0.617. The molecule has 1 aromatic carbocycles. The maximum absolute atomic E-state index is 13.5. The van der Waals surface area contributed by atoms with Crippen LogP contribution in [0.5, 0.6) is 0 Å². The van der Waals surface area contributed by atoms with E-state index in [0.717, 1.165) is 17.6 Å². The standard InChI is InChI=1S/C12H12F2N2S2/c1-2-4-18-5-3-16-10-7-8(13)6-9(14)11(10)15-12(16)17/h2,6-7H,1,3-5H2,(H,15,17). The van der Waals surface area contributed by atoms with Gasteiger partial charge in [-0.25, -0.2) is 8.78 Å². The maximum Gasteiger partial charge on any atom is 0.178 e. The van der Waals surface area contributed by atoms with E-state index in [1.54, 1.807) is 16.3 Å². The molecule has 0 spiro atoms. The number of aryl methyl sites for hydroxylation is 1. The van der Waals surface area contributed by atoms with Crippen molar-refractivity contribution in [3.8, 4) is 0 Å². The Bertz CT molecular complexity index is 631. The second-order valence-electron chi connectivity index (χ2n) is 3.73. The van der Waals surface area contributed by atoms with E-state index in [4.69, 9.17) is 12.2 Å². The third-order valence-corrected chi connectivity index (χ3v) is 3.76. The summed E-state index contributed by atoms with van der Waals surface area (Å²) in [6.07, 6.45) is 1.82. The Balaban J connectivity index is 2.34. The van der Waals surface area contributed by atoms with E-state index >= 15 is 0 Å². The van der Waals surface area contributed by atoms with Gasteiger partial charge < -0.3 is 9.55 Å². The van der Waals surface area contributed by atoms with E-state index in [2.05, 4.69) is 11.6 Å². The molecular weight excluding hydrogens is 274 g/mol. The Morgan fingerprint density at radius 3 is 2.94 bits per heavy atom. The molecule has 2 nitrogen and oxygen atoms in total. The number of rotatable bonds is 5. The summed E-state index contributed by atoms with van der Waals surface area (Å²) in [7, 11) is 0. The molecule has 0 saturated carbocycles. The van der Waals surface area contributed by atoms with Crippen LogP contribution in [0, 0.1) is 16.4 Å². The fourth-order valence-electron chi connectivity index (χ4n) is 1.72. The zero-order valence-corrected chi connectivity index (χ0v) is 11.2.